The van der Waals surface area contributed by atoms with Gasteiger partial charge in [-0.15, -0.1) is 0 Å². The predicted molar refractivity (Wildman–Crippen MR) is 76.2 cm³/mol. The highest BCUT2D eigenvalue weighted by Gasteiger charge is 2.13. The molecule has 1 N–H and O–H groups in total. The average Bonchev–Trinajstić information content (AvgIpc) is 2.93. The van der Waals surface area contributed by atoms with Crippen LogP contribution in [0.15, 0.2) is 18.2 Å². The highest BCUT2D eigenvalue weighted by Crippen LogP contribution is 2.32. The number of rotatable bonds is 8. The van der Waals surface area contributed by atoms with Crippen LogP contribution in [0, 0.1) is 0 Å². The molecule has 0 saturated carbocycles. The Morgan fingerprint density at radius 2 is 1.95 bits per heavy atom. The molecule has 1 aromatic carbocycles. The van der Waals surface area contributed by atoms with Crippen LogP contribution >= 0.6 is 0 Å². The van der Waals surface area contributed by atoms with Crippen LogP contribution in [0.3, 0.4) is 0 Å². The third-order valence-electron chi connectivity index (χ3n) is 3.46. The first-order chi connectivity index (χ1) is 9.72. The molecule has 1 heterocycles. The van der Waals surface area contributed by atoms with Crippen molar-refractivity contribution in [3.05, 3.63) is 23.8 Å². The number of methoxy groups -OCH3 is 2. The van der Waals surface area contributed by atoms with Crippen molar-refractivity contribution in [2.45, 2.75) is 32.1 Å². The molecule has 1 atom stereocenters. The molecule has 0 amide bonds. The van der Waals surface area contributed by atoms with E-state index < -0.39 is 0 Å². The second-order valence-corrected chi connectivity index (χ2v) is 4.94. The van der Waals surface area contributed by atoms with Crippen LogP contribution in [0.2, 0.25) is 0 Å². The first-order valence-corrected chi connectivity index (χ1v) is 6.90. The third kappa shape index (κ3) is 4.10. The van der Waals surface area contributed by atoms with Gasteiger partial charge in [0.2, 0.25) is 6.79 Å². The topological polar surface area (TPSA) is 49.0 Å². The molecular weight excluding hydrogens is 258 g/mol. The van der Waals surface area contributed by atoms with Gasteiger partial charge in [-0.3, -0.25) is 0 Å². The second kappa shape index (κ2) is 7.47. The zero-order chi connectivity index (χ0) is 14.4. The molecular formula is C15H23NO4. The lowest BCUT2D eigenvalue weighted by molar-refractivity contribution is -0.0997. The summed E-state index contributed by atoms with van der Waals surface area (Å²) in [6, 6.07) is 6.52. The summed E-state index contributed by atoms with van der Waals surface area (Å²) in [6.45, 7) is 3.18. The Balaban J connectivity index is 1.74. The SMILES string of the molecule is COC(CNC(C)CCc1ccc2c(c1)OCO2)OC. The molecule has 0 aromatic heterocycles. The molecule has 112 valence electrons. The van der Waals surface area contributed by atoms with Crippen molar-refractivity contribution in [1.82, 2.24) is 5.32 Å². The zero-order valence-electron chi connectivity index (χ0n) is 12.3. The van der Waals surface area contributed by atoms with Crippen LogP contribution in [0.1, 0.15) is 18.9 Å². The zero-order valence-corrected chi connectivity index (χ0v) is 12.3. The summed E-state index contributed by atoms with van der Waals surface area (Å²) in [5.74, 6) is 1.69. The van der Waals surface area contributed by atoms with Crippen LogP contribution in [-0.2, 0) is 15.9 Å². The number of hydrogen-bond donors (Lipinski definition) is 1. The molecule has 1 aliphatic heterocycles. The molecule has 0 aliphatic carbocycles. The summed E-state index contributed by atoms with van der Waals surface area (Å²) < 4.78 is 21.0. The summed E-state index contributed by atoms with van der Waals surface area (Å²) in [5.41, 5.74) is 1.26. The predicted octanol–water partition coefficient (Wildman–Crippen LogP) is 1.94. The molecule has 0 radical (unpaired) electrons. The molecule has 1 aromatic rings. The van der Waals surface area contributed by atoms with Crippen LogP contribution in [-0.4, -0.2) is 39.9 Å². The maximum Gasteiger partial charge on any atom is 0.231 e. The van der Waals surface area contributed by atoms with Crippen molar-refractivity contribution in [1.29, 1.82) is 0 Å². The quantitative estimate of drug-likeness (QED) is 0.738. The van der Waals surface area contributed by atoms with Gasteiger partial charge < -0.3 is 24.3 Å². The van der Waals surface area contributed by atoms with E-state index in [9.17, 15) is 0 Å². The Kier molecular flexibility index (Phi) is 5.64. The van der Waals surface area contributed by atoms with Gasteiger partial charge in [0.1, 0.15) is 0 Å². The van der Waals surface area contributed by atoms with Gasteiger partial charge in [-0.25, -0.2) is 0 Å². The maximum absolute atomic E-state index is 5.38. The van der Waals surface area contributed by atoms with Crippen LogP contribution in [0.25, 0.3) is 0 Å². The molecule has 0 saturated heterocycles. The summed E-state index contributed by atoms with van der Waals surface area (Å²) >= 11 is 0. The molecule has 5 heteroatoms. The smallest absolute Gasteiger partial charge is 0.231 e. The van der Waals surface area contributed by atoms with E-state index in [0.29, 0.717) is 19.4 Å². The summed E-state index contributed by atoms with van der Waals surface area (Å²) in [6.07, 6.45) is 1.85. The van der Waals surface area contributed by atoms with Crippen molar-refractivity contribution in [3.63, 3.8) is 0 Å². The van der Waals surface area contributed by atoms with Crippen molar-refractivity contribution < 1.29 is 18.9 Å². The standard InChI is InChI=1S/C15H23NO4/c1-11(16-9-15(17-2)18-3)4-5-12-6-7-13-14(8-12)20-10-19-13/h6-8,11,15-16H,4-5,9-10H2,1-3H3. The van der Waals surface area contributed by atoms with Crippen molar-refractivity contribution in [3.8, 4) is 11.5 Å². The normalized spacial score (nSPS) is 14.8. The molecule has 2 rings (SSSR count). The van der Waals surface area contributed by atoms with E-state index in [-0.39, 0.29) is 6.29 Å². The Morgan fingerprint density at radius 3 is 2.70 bits per heavy atom. The number of benzene rings is 1. The fraction of sp³-hybridized carbons (Fsp3) is 0.600. The third-order valence-corrected chi connectivity index (χ3v) is 3.46. The lowest BCUT2D eigenvalue weighted by Crippen LogP contribution is -2.35. The number of hydrogen-bond acceptors (Lipinski definition) is 5. The molecule has 0 bridgehead atoms. The molecule has 20 heavy (non-hydrogen) atoms. The lowest BCUT2D eigenvalue weighted by Gasteiger charge is -2.18. The fourth-order valence-corrected chi connectivity index (χ4v) is 2.14. The molecule has 1 aliphatic rings. The lowest BCUT2D eigenvalue weighted by atomic mass is 10.1. The minimum atomic E-state index is -0.192. The maximum atomic E-state index is 5.38. The summed E-state index contributed by atoms with van der Waals surface area (Å²) in [7, 11) is 3.29. The van der Waals surface area contributed by atoms with Gasteiger partial charge >= 0.3 is 0 Å². The highest BCUT2D eigenvalue weighted by molar-refractivity contribution is 5.44. The highest BCUT2D eigenvalue weighted by atomic mass is 16.7. The van der Waals surface area contributed by atoms with Crippen LogP contribution in [0.5, 0.6) is 11.5 Å². The van der Waals surface area contributed by atoms with E-state index in [1.807, 2.05) is 6.07 Å². The van der Waals surface area contributed by atoms with Crippen LogP contribution < -0.4 is 14.8 Å². The van der Waals surface area contributed by atoms with Crippen LogP contribution in [0.4, 0.5) is 0 Å². The monoisotopic (exact) mass is 281 g/mol. The Morgan fingerprint density at radius 1 is 1.20 bits per heavy atom. The van der Waals surface area contributed by atoms with Gasteiger partial charge in [0.05, 0.1) is 0 Å². The summed E-state index contributed by atoms with van der Waals surface area (Å²) in [5, 5.41) is 3.40. The minimum absolute atomic E-state index is 0.192. The average molecular weight is 281 g/mol. The Bertz CT molecular complexity index is 420. The van der Waals surface area contributed by atoms with E-state index >= 15 is 0 Å². The van der Waals surface area contributed by atoms with E-state index in [1.165, 1.54) is 5.56 Å². The molecule has 5 nitrogen and oxygen atoms in total. The molecule has 1 unspecified atom stereocenters. The number of ether oxygens (including phenoxy) is 4. The Hall–Kier alpha value is -1.30. The van der Waals surface area contributed by atoms with Gasteiger partial charge in [0, 0.05) is 26.8 Å². The minimum Gasteiger partial charge on any atom is -0.454 e. The number of nitrogens with one attached hydrogen (secondary N) is 1. The number of fused-ring (bicyclic) bond motifs is 1. The van der Waals surface area contributed by atoms with Crippen molar-refractivity contribution in [2.75, 3.05) is 27.6 Å². The molecule has 0 spiro atoms. The fourth-order valence-electron chi connectivity index (χ4n) is 2.14. The summed E-state index contributed by atoms with van der Waals surface area (Å²) in [4.78, 5) is 0. The van der Waals surface area contributed by atoms with Gasteiger partial charge in [0.15, 0.2) is 17.8 Å². The van der Waals surface area contributed by atoms with E-state index in [4.69, 9.17) is 18.9 Å². The van der Waals surface area contributed by atoms with E-state index in [0.717, 1.165) is 24.3 Å². The molecule has 0 fully saturated rings. The van der Waals surface area contributed by atoms with Crippen molar-refractivity contribution in [2.24, 2.45) is 0 Å². The van der Waals surface area contributed by atoms with Gasteiger partial charge in [-0.2, -0.15) is 0 Å². The van der Waals surface area contributed by atoms with Gasteiger partial charge in [0.25, 0.3) is 0 Å². The Labute approximate surface area is 120 Å². The first-order valence-electron chi connectivity index (χ1n) is 6.90. The van der Waals surface area contributed by atoms with E-state index in [2.05, 4.69) is 24.4 Å². The second-order valence-electron chi connectivity index (χ2n) is 4.94. The number of aryl methyl sites for hydroxylation is 1. The largest absolute Gasteiger partial charge is 0.454 e. The van der Waals surface area contributed by atoms with E-state index in [1.54, 1.807) is 14.2 Å². The van der Waals surface area contributed by atoms with Crippen molar-refractivity contribution >= 4 is 0 Å². The van der Waals surface area contributed by atoms with Gasteiger partial charge in [-0.1, -0.05) is 6.07 Å². The first kappa shape index (κ1) is 15.1. The van der Waals surface area contributed by atoms with Gasteiger partial charge in [-0.05, 0) is 37.5 Å².